The molecule has 1 heterocycles. The summed E-state index contributed by atoms with van der Waals surface area (Å²) < 4.78 is 0. The number of rotatable bonds is 5. The lowest BCUT2D eigenvalue weighted by molar-refractivity contribution is 0.0892. The van der Waals surface area contributed by atoms with Gasteiger partial charge in [0.05, 0.1) is 12.6 Å². The van der Waals surface area contributed by atoms with E-state index in [9.17, 15) is 4.79 Å². The Hall–Kier alpha value is -1.36. The first-order chi connectivity index (χ1) is 7.95. The maximum absolute atomic E-state index is 11.8. The number of hydrogen-bond donors (Lipinski definition) is 3. The molecule has 0 aromatic carbocycles. The topological polar surface area (TPSA) is 78.0 Å². The molecule has 5 nitrogen and oxygen atoms in total. The van der Waals surface area contributed by atoms with Crippen molar-refractivity contribution >= 4 is 5.91 Å². The molecule has 0 aliphatic carbocycles. The summed E-state index contributed by atoms with van der Waals surface area (Å²) in [5.41, 5.74) is 1.30. The molecule has 0 saturated heterocycles. The summed E-state index contributed by atoms with van der Waals surface area (Å²) in [5, 5.41) is 18.7. The zero-order valence-corrected chi connectivity index (χ0v) is 10.8. The van der Waals surface area contributed by atoms with Crippen molar-refractivity contribution in [2.75, 3.05) is 6.61 Å². The normalized spacial score (nSPS) is 13.1. The number of aromatic nitrogens is 2. The number of amides is 1. The standard InChI is InChI=1S/C12H21N3O2/c1-7(2)9-5-10(15-14-9)12(17)13-11(6-16)8(3)4/h5,7-8,11,16H,6H2,1-4H3,(H,13,17)(H,14,15)/t11-/m1/s1. The van der Waals surface area contributed by atoms with Gasteiger partial charge in [-0.1, -0.05) is 27.7 Å². The second kappa shape index (κ2) is 5.82. The summed E-state index contributed by atoms with van der Waals surface area (Å²) in [6.45, 7) is 7.89. The molecule has 0 radical (unpaired) electrons. The Kier molecular flexibility index (Phi) is 4.69. The van der Waals surface area contributed by atoms with Crippen molar-refractivity contribution in [3.8, 4) is 0 Å². The fraction of sp³-hybridized carbons (Fsp3) is 0.667. The molecule has 1 amide bonds. The first-order valence-corrected chi connectivity index (χ1v) is 5.92. The average Bonchev–Trinajstić information content (AvgIpc) is 2.74. The number of nitrogens with zero attached hydrogens (tertiary/aromatic N) is 1. The summed E-state index contributed by atoms with van der Waals surface area (Å²) in [6, 6.07) is 1.51. The lowest BCUT2D eigenvalue weighted by Crippen LogP contribution is -2.41. The zero-order valence-electron chi connectivity index (χ0n) is 10.8. The van der Waals surface area contributed by atoms with Gasteiger partial charge in [-0.3, -0.25) is 9.89 Å². The molecule has 96 valence electrons. The van der Waals surface area contributed by atoms with E-state index in [1.807, 2.05) is 27.7 Å². The zero-order chi connectivity index (χ0) is 13.0. The Balaban J connectivity index is 2.69. The van der Waals surface area contributed by atoms with Crippen LogP contribution in [0.25, 0.3) is 0 Å². The number of carbonyl (C=O) groups excluding carboxylic acids is 1. The number of nitrogens with one attached hydrogen (secondary N) is 2. The fourth-order valence-electron chi connectivity index (χ4n) is 1.41. The smallest absolute Gasteiger partial charge is 0.272 e. The van der Waals surface area contributed by atoms with Gasteiger partial charge in [0.25, 0.3) is 5.91 Å². The van der Waals surface area contributed by atoms with Crippen molar-refractivity contribution in [3.05, 3.63) is 17.5 Å². The number of aromatic amines is 1. The lowest BCUT2D eigenvalue weighted by Gasteiger charge is -2.18. The lowest BCUT2D eigenvalue weighted by atomic mass is 10.1. The van der Waals surface area contributed by atoms with Crippen molar-refractivity contribution in [3.63, 3.8) is 0 Å². The van der Waals surface area contributed by atoms with Crippen LogP contribution in [-0.4, -0.2) is 33.9 Å². The first-order valence-electron chi connectivity index (χ1n) is 5.92. The van der Waals surface area contributed by atoms with Gasteiger partial charge in [-0.15, -0.1) is 0 Å². The molecule has 0 aliphatic rings. The van der Waals surface area contributed by atoms with Crippen molar-refractivity contribution in [1.29, 1.82) is 0 Å². The van der Waals surface area contributed by atoms with E-state index in [0.29, 0.717) is 11.6 Å². The highest BCUT2D eigenvalue weighted by Crippen LogP contribution is 2.12. The van der Waals surface area contributed by atoms with E-state index in [2.05, 4.69) is 15.5 Å². The largest absolute Gasteiger partial charge is 0.394 e. The van der Waals surface area contributed by atoms with Gasteiger partial charge in [-0.05, 0) is 17.9 Å². The minimum Gasteiger partial charge on any atom is -0.394 e. The third-order valence-corrected chi connectivity index (χ3v) is 2.77. The fourth-order valence-corrected chi connectivity index (χ4v) is 1.41. The summed E-state index contributed by atoms with van der Waals surface area (Å²) in [5.74, 6) is 0.246. The molecule has 1 rings (SSSR count). The quantitative estimate of drug-likeness (QED) is 0.724. The SMILES string of the molecule is CC(C)c1cc(C(=O)N[C@H](CO)C(C)C)n[nH]1. The molecule has 17 heavy (non-hydrogen) atoms. The Morgan fingerprint density at radius 3 is 2.53 bits per heavy atom. The molecule has 0 aliphatic heterocycles. The van der Waals surface area contributed by atoms with E-state index in [1.54, 1.807) is 6.07 Å². The highest BCUT2D eigenvalue weighted by atomic mass is 16.3. The molecular formula is C12H21N3O2. The Labute approximate surface area is 102 Å². The van der Waals surface area contributed by atoms with Gasteiger partial charge in [0.1, 0.15) is 5.69 Å². The Morgan fingerprint density at radius 2 is 2.12 bits per heavy atom. The van der Waals surface area contributed by atoms with E-state index in [1.165, 1.54) is 0 Å². The molecule has 3 N–H and O–H groups in total. The molecule has 1 aromatic heterocycles. The van der Waals surface area contributed by atoms with E-state index in [0.717, 1.165) is 5.69 Å². The minimum absolute atomic E-state index is 0.0646. The van der Waals surface area contributed by atoms with Gasteiger partial charge in [0.15, 0.2) is 0 Å². The molecule has 0 saturated carbocycles. The second-order valence-electron chi connectivity index (χ2n) is 4.87. The molecule has 1 aromatic rings. The summed E-state index contributed by atoms with van der Waals surface area (Å²) >= 11 is 0. The van der Waals surface area contributed by atoms with E-state index < -0.39 is 0 Å². The van der Waals surface area contributed by atoms with Gasteiger partial charge in [0, 0.05) is 5.69 Å². The van der Waals surface area contributed by atoms with Crippen LogP contribution in [-0.2, 0) is 0 Å². The summed E-state index contributed by atoms with van der Waals surface area (Å²) in [7, 11) is 0. The molecular weight excluding hydrogens is 218 g/mol. The Bertz CT molecular complexity index is 372. The van der Waals surface area contributed by atoms with Crippen molar-refractivity contribution in [2.45, 2.75) is 39.7 Å². The minimum atomic E-state index is -0.249. The molecule has 0 spiro atoms. The summed E-state index contributed by atoms with van der Waals surface area (Å²) in [6.07, 6.45) is 0. The summed E-state index contributed by atoms with van der Waals surface area (Å²) in [4.78, 5) is 11.8. The molecule has 0 fully saturated rings. The van der Waals surface area contributed by atoms with Crippen LogP contribution in [0.2, 0.25) is 0 Å². The highest BCUT2D eigenvalue weighted by Gasteiger charge is 2.18. The molecule has 0 bridgehead atoms. The van der Waals surface area contributed by atoms with Gasteiger partial charge in [0.2, 0.25) is 0 Å². The molecule has 5 heteroatoms. The molecule has 1 atom stereocenters. The van der Waals surface area contributed by atoms with E-state index >= 15 is 0 Å². The average molecular weight is 239 g/mol. The van der Waals surface area contributed by atoms with Crippen LogP contribution in [0.1, 0.15) is 49.8 Å². The number of aliphatic hydroxyl groups excluding tert-OH is 1. The first kappa shape index (κ1) is 13.7. The maximum Gasteiger partial charge on any atom is 0.272 e. The Morgan fingerprint density at radius 1 is 1.47 bits per heavy atom. The monoisotopic (exact) mass is 239 g/mol. The van der Waals surface area contributed by atoms with Crippen molar-refractivity contribution in [1.82, 2.24) is 15.5 Å². The predicted molar refractivity (Wildman–Crippen MR) is 65.9 cm³/mol. The van der Waals surface area contributed by atoms with Gasteiger partial charge >= 0.3 is 0 Å². The van der Waals surface area contributed by atoms with Crippen molar-refractivity contribution in [2.24, 2.45) is 5.92 Å². The van der Waals surface area contributed by atoms with E-state index in [-0.39, 0.29) is 24.5 Å². The van der Waals surface area contributed by atoms with Crippen molar-refractivity contribution < 1.29 is 9.90 Å². The van der Waals surface area contributed by atoms with Crippen LogP contribution in [0.4, 0.5) is 0 Å². The second-order valence-corrected chi connectivity index (χ2v) is 4.87. The number of aliphatic hydroxyl groups is 1. The van der Waals surface area contributed by atoms with Crippen LogP contribution < -0.4 is 5.32 Å². The van der Waals surface area contributed by atoms with E-state index in [4.69, 9.17) is 5.11 Å². The number of hydrogen-bond acceptors (Lipinski definition) is 3. The van der Waals surface area contributed by atoms with Gasteiger partial charge in [-0.2, -0.15) is 5.10 Å². The maximum atomic E-state index is 11.8. The van der Waals surface area contributed by atoms with Crippen LogP contribution in [0, 0.1) is 5.92 Å². The third-order valence-electron chi connectivity index (χ3n) is 2.77. The van der Waals surface area contributed by atoms with Crippen LogP contribution in [0.3, 0.4) is 0 Å². The highest BCUT2D eigenvalue weighted by molar-refractivity contribution is 5.92. The number of H-pyrrole nitrogens is 1. The third kappa shape index (κ3) is 3.56. The molecule has 0 unspecified atom stereocenters. The van der Waals surface area contributed by atoms with Crippen LogP contribution >= 0.6 is 0 Å². The number of carbonyl (C=O) groups is 1. The van der Waals surface area contributed by atoms with Gasteiger partial charge < -0.3 is 10.4 Å². The van der Waals surface area contributed by atoms with Crippen LogP contribution in [0.5, 0.6) is 0 Å². The van der Waals surface area contributed by atoms with Gasteiger partial charge in [-0.25, -0.2) is 0 Å². The van der Waals surface area contributed by atoms with Crippen LogP contribution in [0.15, 0.2) is 6.07 Å². The predicted octanol–water partition coefficient (Wildman–Crippen LogP) is 1.28.